The van der Waals surface area contributed by atoms with Gasteiger partial charge in [-0.2, -0.15) is 5.26 Å². The Morgan fingerprint density at radius 1 is 1.17 bits per heavy atom. The van der Waals surface area contributed by atoms with Gasteiger partial charge in [0, 0.05) is 5.69 Å². The molecule has 1 unspecified atom stereocenters. The van der Waals surface area contributed by atoms with E-state index < -0.39 is 0 Å². The van der Waals surface area contributed by atoms with Crippen LogP contribution in [0.2, 0.25) is 0 Å². The van der Waals surface area contributed by atoms with Crippen molar-refractivity contribution in [2.24, 2.45) is 5.92 Å². The minimum absolute atomic E-state index is 0.00529. The van der Waals surface area contributed by atoms with E-state index in [9.17, 15) is 4.79 Å². The number of carbonyl (C=O) groups is 1. The molecule has 0 spiro atoms. The van der Waals surface area contributed by atoms with E-state index in [0.717, 1.165) is 24.2 Å². The summed E-state index contributed by atoms with van der Waals surface area (Å²) in [6, 6.07) is 16.4. The molecule has 5 heteroatoms. The number of methoxy groups -OCH3 is 1. The maximum Gasteiger partial charge on any atom is 0.319 e. The van der Waals surface area contributed by atoms with Gasteiger partial charge >= 0.3 is 6.03 Å². The molecule has 122 valence electrons. The quantitative estimate of drug-likeness (QED) is 0.878. The second kappa shape index (κ2) is 7.05. The molecule has 0 aliphatic heterocycles. The van der Waals surface area contributed by atoms with Crippen LogP contribution in [-0.4, -0.2) is 13.1 Å². The lowest BCUT2D eigenvalue weighted by atomic mass is 10.0. The zero-order valence-corrected chi connectivity index (χ0v) is 13.5. The molecule has 0 radical (unpaired) electrons. The van der Waals surface area contributed by atoms with Crippen molar-refractivity contribution in [3.63, 3.8) is 0 Å². The van der Waals surface area contributed by atoms with Crippen molar-refractivity contribution >= 4 is 11.7 Å². The molecular weight excluding hydrogens is 302 g/mol. The number of nitrogens with one attached hydrogen (secondary N) is 2. The molecule has 1 aliphatic rings. The van der Waals surface area contributed by atoms with Crippen LogP contribution in [0, 0.1) is 17.2 Å². The first-order chi connectivity index (χ1) is 11.7. The first kappa shape index (κ1) is 15.9. The fourth-order valence-electron chi connectivity index (χ4n) is 2.65. The number of hydrogen-bond donors (Lipinski definition) is 2. The molecule has 2 aromatic rings. The van der Waals surface area contributed by atoms with Crippen molar-refractivity contribution in [1.29, 1.82) is 5.26 Å². The molecule has 24 heavy (non-hydrogen) atoms. The Hall–Kier alpha value is -3.00. The molecule has 5 nitrogen and oxygen atoms in total. The van der Waals surface area contributed by atoms with Crippen LogP contribution in [0.1, 0.15) is 30.0 Å². The molecule has 3 rings (SSSR count). The smallest absolute Gasteiger partial charge is 0.319 e. The lowest BCUT2D eigenvalue weighted by Gasteiger charge is -2.19. The van der Waals surface area contributed by atoms with E-state index in [1.54, 1.807) is 31.4 Å². The fourth-order valence-corrected chi connectivity index (χ4v) is 2.65. The van der Waals surface area contributed by atoms with Crippen LogP contribution in [-0.2, 0) is 0 Å². The van der Waals surface area contributed by atoms with Gasteiger partial charge in [0.15, 0.2) is 0 Å². The Kier molecular flexibility index (Phi) is 4.66. The number of ether oxygens (including phenoxy) is 1. The summed E-state index contributed by atoms with van der Waals surface area (Å²) in [6.45, 7) is 0. The largest absolute Gasteiger partial charge is 0.497 e. The van der Waals surface area contributed by atoms with Crippen LogP contribution in [0.4, 0.5) is 10.5 Å². The summed E-state index contributed by atoms with van der Waals surface area (Å²) < 4.78 is 5.18. The number of hydrogen-bond acceptors (Lipinski definition) is 3. The van der Waals surface area contributed by atoms with Gasteiger partial charge in [-0.1, -0.05) is 12.1 Å². The topological polar surface area (TPSA) is 74.2 Å². The Morgan fingerprint density at radius 2 is 1.83 bits per heavy atom. The molecule has 2 aromatic carbocycles. The maximum absolute atomic E-state index is 12.3. The molecule has 0 bridgehead atoms. The summed E-state index contributed by atoms with van der Waals surface area (Å²) in [7, 11) is 1.64. The third-order valence-corrected chi connectivity index (χ3v) is 4.13. The minimum Gasteiger partial charge on any atom is -0.497 e. The number of nitriles is 1. The maximum atomic E-state index is 12.3. The molecular formula is C19H19N3O2. The molecule has 0 heterocycles. The van der Waals surface area contributed by atoms with E-state index in [0.29, 0.717) is 17.2 Å². The van der Waals surface area contributed by atoms with Crippen molar-refractivity contribution in [3.05, 3.63) is 59.7 Å². The van der Waals surface area contributed by atoms with Gasteiger partial charge in [0.25, 0.3) is 0 Å². The van der Waals surface area contributed by atoms with Crippen LogP contribution in [0.5, 0.6) is 5.75 Å². The van der Waals surface area contributed by atoms with Crippen molar-refractivity contribution in [2.75, 3.05) is 12.4 Å². The van der Waals surface area contributed by atoms with Crippen LogP contribution >= 0.6 is 0 Å². The molecule has 2 N–H and O–H groups in total. The Morgan fingerprint density at radius 3 is 2.38 bits per heavy atom. The lowest BCUT2D eigenvalue weighted by molar-refractivity contribution is 0.247. The highest BCUT2D eigenvalue weighted by molar-refractivity contribution is 5.89. The van der Waals surface area contributed by atoms with Crippen LogP contribution in [0.3, 0.4) is 0 Å². The van der Waals surface area contributed by atoms with Gasteiger partial charge in [-0.3, -0.25) is 0 Å². The van der Waals surface area contributed by atoms with Gasteiger partial charge < -0.3 is 15.4 Å². The van der Waals surface area contributed by atoms with Crippen molar-refractivity contribution in [2.45, 2.75) is 18.9 Å². The summed E-state index contributed by atoms with van der Waals surface area (Å²) in [5.74, 6) is 1.28. The number of amides is 2. The zero-order chi connectivity index (χ0) is 16.9. The first-order valence-corrected chi connectivity index (χ1v) is 7.91. The van der Waals surface area contributed by atoms with E-state index in [1.807, 2.05) is 24.3 Å². The number of carbonyl (C=O) groups excluding carboxylic acids is 1. The molecule has 1 atom stereocenters. The Balaban J connectivity index is 1.66. The van der Waals surface area contributed by atoms with E-state index in [4.69, 9.17) is 10.00 Å². The normalized spacial score (nSPS) is 14.3. The predicted octanol–water partition coefficient (Wildman–Crippen LogP) is 3.84. The van der Waals surface area contributed by atoms with E-state index >= 15 is 0 Å². The predicted molar refractivity (Wildman–Crippen MR) is 91.8 cm³/mol. The number of rotatable bonds is 5. The van der Waals surface area contributed by atoms with Gasteiger partial charge in [-0.25, -0.2) is 4.79 Å². The summed E-state index contributed by atoms with van der Waals surface area (Å²) in [6.07, 6.45) is 2.24. The van der Waals surface area contributed by atoms with Crippen molar-refractivity contribution in [3.8, 4) is 11.8 Å². The van der Waals surface area contributed by atoms with Crippen LogP contribution in [0.15, 0.2) is 48.5 Å². The Labute approximate surface area is 141 Å². The van der Waals surface area contributed by atoms with Crippen molar-refractivity contribution < 1.29 is 9.53 Å². The SMILES string of the molecule is COc1ccc(C(NC(=O)Nc2ccc(C#N)cc2)C2CC2)cc1. The standard InChI is InChI=1S/C19H19N3O2/c1-24-17-10-6-15(7-11-17)18(14-4-5-14)22-19(23)21-16-8-2-13(12-20)3-9-16/h2-3,6-11,14,18H,4-5H2,1H3,(H2,21,22,23). The summed E-state index contributed by atoms with van der Waals surface area (Å²) in [4.78, 5) is 12.3. The molecule has 2 amide bonds. The third-order valence-electron chi connectivity index (χ3n) is 4.13. The highest BCUT2D eigenvalue weighted by Gasteiger charge is 2.33. The number of anilines is 1. The highest BCUT2D eigenvalue weighted by Crippen LogP contribution is 2.41. The first-order valence-electron chi connectivity index (χ1n) is 7.91. The van der Waals surface area contributed by atoms with Crippen LogP contribution in [0.25, 0.3) is 0 Å². The van der Waals surface area contributed by atoms with E-state index in [-0.39, 0.29) is 12.1 Å². The monoisotopic (exact) mass is 321 g/mol. The van der Waals surface area contributed by atoms with Gasteiger partial charge in [-0.15, -0.1) is 0 Å². The second-order valence-electron chi connectivity index (χ2n) is 5.88. The van der Waals surface area contributed by atoms with Gasteiger partial charge in [0.2, 0.25) is 0 Å². The average molecular weight is 321 g/mol. The molecule has 1 fully saturated rings. The number of nitrogens with zero attached hydrogens (tertiary/aromatic N) is 1. The zero-order valence-electron chi connectivity index (χ0n) is 13.5. The van der Waals surface area contributed by atoms with Gasteiger partial charge in [0.1, 0.15) is 5.75 Å². The number of benzene rings is 2. The molecule has 0 saturated heterocycles. The third kappa shape index (κ3) is 3.85. The lowest BCUT2D eigenvalue weighted by Crippen LogP contribution is -2.33. The summed E-state index contributed by atoms with van der Waals surface area (Å²) >= 11 is 0. The van der Waals surface area contributed by atoms with E-state index in [1.165, 1.54) is 0 Å². The molecule has 1 saturated carbocycles. The van der Waals surface area contributed by atoms with Gasteiger partial charge in [0.05, 0.1) is 24.8 Å². The highest BCUT2D eigenvalue weighted by atomic mass is 16.5. The minimum atomic E-state index is -0.243. The molecule has 0 aromatic heterocycles. The fraction of sp³-hybridized carbons (Fsp3) is 0.263. The Bertz CT molecular complexity index is 744. The summed E-state index contributed by atoms with van der Waals surface area (Å²) in [5, 5.41) is 14.7. The number of urea groups is 1. The van der Waals surface area contributed by atoms with Crippen molar-refractivity contribution in [1.82, 2.24) is 5.32 Å². The van der Waals surface area contributed by atoms with Gasteiger partial charge in [-0.05, 0) is 60.7 Å². The summed E-state index contributed by atoms with van der Waals surface area (Å²) in [5.41, 5.74) is 2.30. The molecule has 1 aliphatic carbocycles. The average Bonchev–Trinajstić information content (AvgIpc) is 3.45. The van der Waals surface area contributed by atoms with Crippen LogP contribution < -0.4 is 15.4 Å². The second-order valence-corrected chi connectivity index (χ2v) is 5.88. The van der Waals surface area contributed by atoms with E-state index in [2.05, 4.69) is 16.7 Å².